The number of esters is 1. The zero-order valence-electron chi connectivity index (χ0n) is 16.3. The molecule has 1 aliphatic heterocycles. The number of hydrogen-bond donors (Lipinski definition) is 1. The zero-order chi connectivity index (χ0) is 19.4. The summed E-state index contributed by atoms with van der Waals surface area (Å²) in [5.41, 5.74) is 1.94. The van der Waals surface area contributed by atoms with E-state index >= 15 is 0 Å². The molecule has 1 aromatic rings. The lowest BCUT2D eigenvalue weighted by atomic mass is 9.95. The Hall–Kier alpha value is -2.50. The molecule has 0 radical (unpaired) electrons. The smallest absolute Gasteiger partial charge is 0.338 e. The van der Waals surface area contributed by atoms with Crippen LogP contribution in [0.3, 0.4) is 0 Å². The van der Waals surface area contributed by atoms with Crippen LogP contribution in [-0.2, 0) is 9.53 Å². The Kier molecular flexibility index (Phi) is 6.04. The highest BCUT2D eigenvalue weighted by Gasteiger charge is 2.36. The number of nitrogens with one attached hydrogen (secondary N) is 1. The van der Waals surface area contributed by atoms with Crippen molar-refractivity contribution in [3.63, 3.8) is 0 Å². The molecule has 1 atom stereocenters. The van der Waals surface area contributed by atoms with Gasteiger partial charge in [-0.15, -0.1) is 0 Å². The molecule has 2 aliphatic rings. The molecule has 1 aromatic carbocycles. The van der Waals surface area contributed by atoms with Crippen LogP contribution in [0.25, 0.3) is 0 Å². The Balaban J connectivity index is 1.88. The SMILES string of the molecule is COc1ccc([C@@H]2NC(=O)N(C)C(C)=C2C(=O)OC2CCCCCC2)cc1. The molecule has 1 N–H and O–H groups in total. The minimum absolute atomic E-state index is 0.0419. The van der Waals surface area contributed by atoms with E-state index in [9.17, 15) is 9.59 Å². The number of carbonyl (C=O) groups excluding carboxylic acids is 2. The predicted molar refractivity (Wildman–Crippen MR) is 102 cm³/mol. The Morgan fingerprint density at radius 3 is 2.33 bits per heavy atom. The highest BCUT2D eigenvalue weighted by molar-refractivity contribution is 5.95. The maximum Gasteiger partial charge on any atom is 0.338 e. The first-order valence-corrected chi connectivity index (χ1v) is 9.61. The van der Waals surface area contributed by atoms with E-state index in [-0.39, 0.29) is 18.1 Å². The number of allylic oxidation sites excluding steroid dienone is 1. The first-order chi connectivity index (χ1) is 13.0. The molecule has 0 aromatic heterocycles. The summed E-state index contributed by atoms with van der Waals surface area (Å²) >= 11 is 0. The Labute approximate surface area is 160 Å². The standard InChI is InChI=1S/C21H28N2O4/c1-14-18(20(24)27-17-8-6-4-5-7-9-17)19(22-21(25)23(14)2)15-10-12-16(26-3)13-11-15/h10-13,17,19H,4-9H2,1-3H3,(H,22,25)/t19-/m0/s1. The van der Waals surface area contributed by atoms with E-state index in [1.807, 2.05) is 24.3 Å². The fourth-order valence-corrected chi connectivity index (χ4v) is 3.72. The molecule has 6 heteroatoms. The van der Waals surface area contributed by atoms with Crippen molar-refractivity contribution in [3.8, 4) is 5.75 Å². The quantitative estimate of drug-likeness (QED) is 0.642. The van der Waals surface area contributed by atoms with Gasteiger partial charge in [-0.25, -0.2) is 9.59 Å². The molecule has 146 valence electrons. The third-order valence-electron chi connectivity index (χ3n) is 5.50. The van der Waals surface area contributed by atoms with Gasteiger partial charge in [-0.3, -0.25) is 0 Å². The maximum atomic E-state index is 13.1. The van der Waals surface area contributed by atoms with E-state index in [1.165, 1.54) is 17.7 Å². The summed E-state index contributed by atoms with van der Waals surface area (Å²) in [7, 11) is 3.26. The minimum atomic E-state index is -0.530. The maximum absolute atomic E-state index is 13.1. The molecule has 0 unspecified atom stereocenters. The monoisotopic (exact) mass is 372 g/mol. The number of amides is 2. The van der Waals surface area contributed by atoms with Crippen LogP contribution in [0.5, 0.6) is 5.75 Å². The van der Waals surface area contributed by atoms with Crippen LogP contribution in [0.15, 0.2) is 35.5 Å². The lowest BCUT2D eigenvalue weighted by molar-refractivity contribution is -0.145. The molecular weight excluding hydrogens is 344 g/mol. The molecule has 6 nitrogen and oxygen atoms in total. The van der Waals surface area contributed by atoms with Gasteiger partial charge in [0, 0.05) is 12.7 Å². The molecule has 1 heterocycles. The van der Waals surface area contributed by atoms with Gasteiger partial charge < -0.3 is 19.7 Å². The van der Waals surface area contributed by atoms with Crippen LogP contribution in [0.2, 0.25) is 0 Å². The molecule has 1 fully saturated rings. The van der Waals surface area contributed by atoms with Crippen molar-refractivity contribution in [1.82, 2.24) is 10.2 Å². The first kappa shape index (κ1) is 19.3. The summed E-state index contributed by atoms with van der Waals surface area (Å²) in [6.07, 6.45) is 6.36. The normalized spacial score (nSPS) is 21.5. The summed E-state index contributed by atoms with van der Waals surface area (Å²) in [5, 5.41) is 2.92. The van der Waals surface area contributed by atoms with E-state index in [2.05, 4.69) is 5.32 Å². The lowest BCUT2D eigenvalue weighted by Gasteiger charge is -2.33. The molecule has 0 bridgehead atoms. The first-order valence-electron chi connectivity index (χ1n) is 9.61. The Morgan fingerprint density at radius 2 is 1.74 bits per heavy atom. The summed E-state index contributed by atoms with van der Waals surface area (Å²) in [6.45, 7) is 1.79. The molecular formula is C21H28N2O4. The van der Waals surface area contributed by atoms with E-state index < -0.39 is 6.04 Å². The van der Waals surface area contributed by atoms with Gasteiger partial charge in [0.15, 0.2) is 0 Å². The average molecular weight is 372 g/mol. The summed E-state index contributed by atoms with van der Waals surface area (Å²) in [6, 6.07) is 6.60. The predicted octanol–water partition coefficient (Wildman–Crippen LogP) is 3.93. The minimum Gasteiger partial charge on any atom is -0.497 e. The van der Waals surface area contributed by atoms with Crippen LogP contribution >= 0.6 is 0 Å². The van der Waals surface area contributed by atoms with Gasteiger partial charge in [0.05, 0.1) is 18.7 Å². The fourth-order valence-electron chi connectivity index (χ4n) is 3.72. The van der Waals surface area contributed by atoms with Gasteiger partial charge in [-0.05, 0) is 50.3 Å². The van der Waals surface area contributed by atoms with E-state index in [1.54, 1.807) is 21.1 Å². The summed E-state index contributed by atoms with van der Waals surface area (Å²) in [4.78, 5) is 26.8. The molecule has 27 heavy (non-hydrogen) atoms. The van der Waals surface area contributed by atoms with Crippen molar-refractivity contribution in [2.45, 2.75) is 57.6 Å². The molecule has 2 amide bonds. The number of rotatable bonds is 4. The lowest BCUT2D eigenvalue weighted by Crippen LogP contribution is -2.46. The average Bonchev–Trinajstić information content (AvgIpc) is 2.94. The second kappa shape index (κ2) is 8.46. The molecule has 1 saturated carbocycles. The van der Waals surface area contributed by atoms with E-state index in [4.69, 9.17) is 9.47 Å². The van der Waals surface area contributed by atoms with Crippen LogP contribution in [0.1, 0.15) is 57.1 Å². The molecule has 3 rings (SSSR count). The number of nitrogens with zero attached hydrogens (tertiary/aromatic N) is 1. The van der Waals surface area contributed by atoms with Gasteiger partial charge in [0.1, 0.15) is 11.9 Å². The summed E-state index contributed by atoms with van der Waals surface area (Å²) in [5.74, 6) is 0.383. The van der Waals surface area contributed by atoms with Crippen LogP contribution in [0, 0.1) is 0 Å². The number of methoxy groups -OCH3 is 1. The molecule has 0 saturated heterocycles. The topological polar surface area (TPSA) is 67.9 Å². The van der Waals surface area contributed by atoms with E-state index in [0.717, 1.165) is 37.0 Å². The molecule has 0 spiro atoms. The summed E-state index contributed by atoms with van der Waals surface area (Å²) < 4.78 is 11.1. The number of urea groups is 1. The van der Waals surface area contributed by atoms with Gasteiger partial charge in [-0.1, -0.05) is 25.0 Å². The largest absolute Gasteiger partial charge is 0.497 e. The number of benzene rings is 1. The van der Waals surface area contributed by atoms with Crippen LogP contribution < -0.4 is 10.1 Å². The Bertz CT molecular complexity index is 718. The van der Waals surface area contributed by atoms with Crippen molar-refractivity contribution >= 4 is 12.0 Å². The van der Waals surface area contributed by atoms with Gasteiger partial charge in [-0.2, -0.15) is 0 Å². The molecule has 1 aliphatic carbocycles. The number of hydrogen-bond acceptors (Lipinski definition) is 4. The number of carbonyl (C=O) groups is 2. The highest BCUT2D eigenvalue weighted by Crippen LogP contribution is 2.32. The fraction of sp³-hybridized carbons (Fsp3) is 0.524. The van der Waals surface area contributed by atoms with Crippen molar-refractivity contribution in [3.05, 3.63) is 41.1 Å². The van der Waals surface area contributed by atoms with Crippen molar-refractivity contribution in [2.24, 2.45) is 0 Å². The van der Waals surface area contributed by atoms with Crippen molar-refractivity contribution < 1.29 is 19.1 Å². The number of ether oxygens (including phenoxy) is 2. The van der Waals surface area contributed by atoms with Crippen LogP contribution in [-0.4, -0.2) is 37.2 Å². The van der Waals surface area contributed by atoms with Crippen molar-refractivity contribution in [1.29, 1.82) is 0 Å². The van der Waals surface area contributed by atoms with Crippen LogP contribution in [0.4, 0.5) is 4.79 Å². The highest BCUT2D eigenvalue weighted by atomic mass is 16.5. The van der Waals surface area contributed by atoms with Gasteiger partial charge >= 0.3 is 12.0 Å². The second-order valence-electron chi connectivity index (χ2n) is 7.23. The zero-order valence-corrected chi connectivity index (χ0v) is 16.3. The third-order valence-corrected chi connectivity index (χ3v) is 5.50. The Morgan fingerprint density at radius 1 is 1.11 bits per heavy atom. The third kappa shape index (κ3) is 4.26. The van der Waals surface area contributed by atoms with Gasteiger partial charge in [0.2, 0.25) is 0 Å². The van der Waals surface area contributed by atoms with Gasteiger partial charge in [0.25, 0.3) is 0 Å². The second-order valence-corrected chi connectivity index (χ2v) is 7.23. The van der Waals surface area contributed by atoms with E-state index in [0.29, 0.717) is 11.3 Å². The van der Waals surface area contributed by atoms with Crippen molar-refractivity contribution in [2.75, 3.05) is 14.2 Å².